The van der Waals surface area contributed by atoms with Gasteiger partial charge in [-0.3, -0.25) is 0 Å². The van der Waals surface area contributed by atoms with E-state index in [9.17, 15) is 0 Å². The van der Waals surface area contributed by atoms with Crippen LogP contribution in [0, 0.1) is 0 Å². The van der Waals surface area contributed by atoms with Crippen LogP contribution in [0.2, 0.25) is 5.02 Å². The SMILES string of the molecule is CCc1c(N)ncnc1Oc1cccc(Cl)c1. The highest BCUT2D eigenvalue weighted by molar-refractivity contribution is 6.30. The lowest BCUT2D eigenvalue weighted by Crippen LogP contribution is -2.01. The molecule has 0 bridgehead atoms. The summed E-state index contributed by atoms with van der Waals surface area (Å²) in [6, 6.07) is 7.13. The first-order valence-electron chi connectivity index (χ1n) is 5.23. The molecule has 0 aliphatic carbocycles. The molecule has 2 N–H and O–H groups in total. The van der Waals surface area contributed by atoms with Gasteiger partial charge in [0, 0.05) is 5.02 Å². The topological polar surface area (TPSA) is 61.0 Å². The van der Waals surface area contributed by atoms with Gasteiger partial charge in [-0.2, -0.15) is 0 Å². The number of ether oxygens (including phenoxy) is 1. The average molecular weight is 250 g/mol. The van der Waals surface area contributed by atoms with E-state index in [4.69, 9.17) is 22.1 Å². The van der Waals surface area contributed by atoms with Crippen LogP contribution in [0.1, 0.15) is 12.5 Å². The zero-order valence-corrected chi connectivity index (χ0v) is 10.1. The minimum absolute atomic E-state index is 0.444. The van der Waals surface area contributed by atoms with Crippen molar-refractivity contribution in [2.45, 2.75) is 13.3 Å². The Hall–Kier alpha value is -1.81. The molecule has 0 amide bonds. The van der Waals surface area contributed by atoms with Gasteiger partial charge in [0.25, 0.3) is 0 Å². The van der Waals surface area contributed by atoms with E-state index in [2.05, 4.69) is 9.97 Å². The molecule has 0 atom stereocenters. The molecule has 0 aliphatic rings. The van der Waals surface area contributed by atoms with Crippen LogP contribution in [-0.2, 0) is 6.42 Å². The lowest BCUT2D eigenvalue weighted by molar-refractivity contribution is 0.456. The van der Waals surface area contributed by atoms with Gasteiger partial charge in [-0.1, -0.05) is 24.6 Å². The summed E-state index contributed by atoms with van der Waals surface area (Å²) in [6.45, 7) is 1.97. The predicted octanol–water partition coefficient (Wildman–Crippen LogP) is 3.07. The summed E-state index contributed by atoms with van der Waals surface area (Å²) in [4.78, 5) is 8.01. The number of rotatable bonds is 3. The first-order valence-corrected chi connectivity index (χ1v) is 5.61. The van der Waals surface area contributed by atoms with E-state index in [0.29, 0.717) is 28.9 Å². The Balaban J connectivity index is 2.33. The monoisotopic (exact) mass is 249 g/mol. The lowest BCUT2D eigenvalue weighted by atomic mass is 10.2. The fraction of sp³-hybridized carbons (Fsp3) is 0.167. The normalized spacial score (nSPS) is 10.2. The fourth-order valence-electron chi connectivity index (χ4n) is 1.47. The quantitative estimate of drug-likeness (QED) is 0.908. The van der Waals surface area contributed by atoms with Crippen LogP contribution >= 0.6 is 11.6 Å². The number of aromatic nitrogens is 2. The second kappa shape index (κ2) is 5.01. The molecule has 1 heterocycles. The van der Waals surface area contributed by atoms with Crippen LogP contribution in [0.4, 0.5) is 5.82 Å². The largest absolute Gasteiger partial charge is 0.438 e. The van der Waals surface area contributed by atoms with E-state index in [1.807, 2.05) is 19.1 Å². The van der Waals surface area contributed by atoms with Gasteiger partial charge in [-0.05, 0) is 24.6 Å². The highest BCUT2D eigenvalue weighted by Gasteiger charge is 2.09. The van der Waals surface area contributed by atoms with E-state index in [1.165, 1.54) is 6.33 Å². The first kappa shape index (κ1) is 11.7. The highest BCUT2D eigenvalue weighted by Crippen LogP contribution is 2.27. The number of anilines is 1. The number of halogens is 1. The van der Waals surface area contributed by atoms with Crippen LogP contribution in [0.25, 0.3) is 0 Å². The Kier molecular flexibility index (Phi) is 3.44. The van der Waals surface area contributed by atoms with Crippen LogP contribution in [0.3, 0.4) is 0 Å². The molecule has 0 spiro atoms. The van der Waals surface area contributed by atoms with Gasteiger partial charge >= 0.3 is 0 Å². The maximum Gasteiger partial charge on any atom is 0.227 e. The Labute approximate surface area is 104 Å². The summed E-state index contributed by atoms with van der Waals surface area (Å²) in [5.41, 5.74) is 6.56. The van der Waals surface area contributed by atoms with Crippen molar-refractivity contribution in [3.63, 3.8) is 0 Å². The summed E-state index contributed by atoms with van der Waals surface area (Å²) in [5, 5.41) is 0.613. The maximum absolute atomic E-state index is 5.88. The van der Waals surface area contributed by atoms with Crippen molar-refractivity contribution in [1.29, 1.82) is 0 Å². The smallest absolute Gasteiger partial charge is 0.227 e. The van der Waals surface area contributed by atoms with Gasteiger partial charge < -0.3 is 10.5 Å². The van der Waals surface area contributed by atoms with Crippen molar-refractivity contribution in [1.82, 2.24) is 9.97 Å². The number of nitrogen functional groups attached to an aromatic ring is 1. The van der Waals surface area contributed by atoms with Crippen molar-refractivity contribution in [2.75, 3.05) is 5.73 Å². The maximum atomic E-state index is 5.88. The Morgan fingerprint density at radius 3 is 2.88 bits per heavy atom. The number of hydrogen-bond donors (Lipinski definition) is 1. The van der Waals surface area contributed by atoms with Crippen molar-refractivity contribution in [2.24, 2.45) is 0 Å². The second-order valence-electron chi connectivity index (χ2n) is 3.46. The molecule has 0 fully saturated rings. The van der Waals surface area contributed by atoms with Crippen LogP contribution in [0.15, 0.2) is 30.6 Å². The second-order valence-corrected chi connectivity index (χ2v) is 3.89. The van der Waals surface area contributed by atoms with Crippen molar-refractivity contribution >= 4 is 17.4 Å². The summed E-state index contributed by atoms with van der Waals surface area (Å²) >= 11 is 5.88. The summed E-state index contributed by atoms with van der Waals surface area (Å²) in [7, 11) is 0. The Morgan fingerprint density at radius 2 is 2.18 bits per heavy atom. The molecule has 1 aromatic carbocycles. The van der Waals surface area contributed by atoms with E-state index in [0.717, 1.165) is 5.56 Å². The fourth-order valence-corrected chi connectivity index (χ4v) is 1.65. The Morgan fingerprint density at radius 1 is 1.35 bits per heavy atom. The van der Waals surface area contributed by atoms with Crippen molar-refractivity contribution in [3.05, 3.63) is 41.2 Å². The van der Waals surface area contributed by atoms with E-state index in [-0.39, 0.29) is 0 Å². The third-order valence-electron chi connectivity index (χ3n) is 2.30. The molecule has 0 unspecified atom stereocenters. The predicted molar refractivity (Wildman–Crippen MR) is 67.3 cm³/mol. The molecule has 0 aliphatic heterocycles. The Bertz CT molecular complexity index is 531. The van der Waals surface area contributed by atoms with Gasteiger partial charge in [0.2, 0.25) is 5.88 Å². The van der Waals surface area contributed by atoms with Gasteiger partial charge in [-0.15, -0.1) is 0 Å². The van der Waals surface area contributed by atoms with Crippen molar-refractivity contribution in [3.8, 4) is 11.6 Å². The summed E-state index contributed by atoms with van der Waals surface area (Å²) < 4.78 is 5.65. The van der Waals surface area contributed by atoms with Gasteiger partial charge in [-0.25, -0.2) is 9.97 Å². The molecular formula is C12H12ClN3O. The van der Waals surface area contributed by atoms with Gasteiger partial charge in [0.1, 0.15) is 17.9 Å². The van der Waals surface area contributed by atoms with Crippen LogP contribution < -0.4 is 10.5 Å². The highest BCUT2D eigenvalue weighted by atomic mass is 35.5. The molecule has 0 radical (unpaired) electrons. The lowest BCUT2D eigenvalue weighted by Gasteiger charge is -2.09. The molecule has 1 aromatic heterocycles. The average Bonchev–Trinajstić information content (AvgIpc) is 2.29. The molecule has 5 heteroatoms. The van der Waals surface area contributed by atoms with Crippen LogP contribution in [0.5, 0.6) is 11.6 Å². The number of hydrogen-bond acceptors (Lipinski definition) is 4. The number of benzene rings is 1. The van der Waals surface area contributed by atoms with E-state index in [1.54, 1.807) is 12.1 Å². The molecule has 2 aromatic rings. The van der Waals surface area contributed by atoms with Gasteiger partial charge in [0.15, 0.2) is 0 Å². The first-order chi connectivity index (χ1) is 8.20. The summed E-state index contributed by atoms with van der Waals surface area (Å²) in [6.07, 6.45) is 2.09. The van der Waals surface area contributed by atoms with E-state index >= 15 is 0 Å². The minimum Gasteiger partial charge on any atom is -0.438 e. The molecule has 0 saturated heterocycles. The third-order valence-corrected chi connectivity index (χ3v) is 2.54. The number of nitrogens with two attached hydrogens (primary N) is 1. The van der Waals surface area contributed by atoms with E-state index < -0.39 is 0 Å². The molecule has 88 valence electrons. The molecule has 2 rings (SSSR count). The third kappa shape index (κ3) is 2.65. The standard InChI is InChI=1S/C12H12ClN3O/c1-2-10-11(14)15-7-16-12(10)17-9-5-3-4-8(13)6-9/h3-7H,2H2,1H3,(H2,14,15,16). The zero-order valence-electron chi connectivity index (χ0n) is 9.35. The molecular weight excluding hydrogens is 238 g/mol. The molecule has 4 nitrogen and oxygen atoms in total. The number of nitrogens with zero attached hydrogens (tertiary/aromatic N) is 2. The van der Waals surface area contributed by atoms with Gasteiger partial charge in [0.05, 0.1) is 5.56 Å². The summed E-state index contributed by atoms with van der Waals surface area (Å²) in [5.74, 6) is 1.55. The molecule has 0 saturated carbocycles. The zero-order chi connectivity index (χ0) is 12.3. The van der Waals surface area contributed by atoms with Crippen molar-refractivity contribution < 1.29 is 4.74 Å². The van der Waals surface area contributed by atoms with Crippen LogP contribution in [-0.4, -0.2) is 9.97 Å². The minimum atomic E-state index is 0.444. The molecule has 17 heavy (non-hydrogen) atoms.